The number of ether oxygens (including phenoxy) is 1. The molecule has 152 valence electrons. The van der Waals surface area contributed by atoms with Gasteiger partial charge in [0.15, 0.2) is 23.2 Å². The van der Waals surface area contributed by atoms with Gasteiger partial charge in [-0.15, -0.1) is 0 Å². The van der Waals surface area contributed by atoms with Crippen LogP contribution >= 0.6 is 0 Å². The Hall–Kier alpha value is -3.83. The lowest BCUT2D eigenvalue weighted by Gasteiger charge is -2.11. The highest BCUT2D eigenvalue weighted by molar-refractivity contribution is 5.73. The Kier molecular flexibility index (Phi) is 5.81. The molecule has 2 aromatic heterocycles. The Bertz CT molecular complexity index is 1040. The van der Waals surface area contributed by atoms with E-state index < -0.39 is 23.4 Å². The van der Waals surface area contributed by atoms with Crippen LogP contribution in [0.5, 0.6) is 5.75 Å². The lowest BCUT2D eigenvalue weighted by atomic mass is 10.2. The largest absolute Gasteiger partial charge is 0.494 e. The standard InChI is InChI=1S/C17H16F3N7O2/c1-29-13-3-2-11(18)10(15(13)20)5-22-16-12(19)6-23-17(26-16)25-9-4-24-27(7-9)8-14(21)28/h2-4,6-7H,5,8H2,1H3,(H2,21,28)(H2,22,23,25,26). The highest BCUT2D eigenvalue weighted by Gasteiger charge is 2.16. The molecule has 29 heavy (non-hydrogen) atoms. The molecule has 0 atom stereocenters. The first-order chi connectivity index (χ1) is 13.9. The van der Waals surface area contributed by atoms with Gasteiger partial charge in [-0.05, 0) is 12.1 Å². The van der Waals surface area contributed by atoms with Crippen LogP contribution in [-0.2, 0) is 17.9 Å². The van der Waals surface area contributed by atoms with Crippen molar-refractivity contribution in [2.75, 3.05) is 17.7 Å². The van der Waals surface area contributed by atoms with E-state index in [0.29, 0.717) is 5.69 Å². The number of carbonyl (C=O) groups excluding carboxylic acids is 1. The first-order valence-corrected chi connectivity index (χ1v) is 8.22. The maximum Gasteiger partial charge on any atom is 0.239 e. The normalized spacial score (nSPS) is 10.6. The van der Waals surface area contributed by atoms with Crippen molar-refractivity contribution in [1.82, 2.24) is 19.7 Å². The smallest absolute Gasteiger partial charge is 0.239 e. The summed E-state index contributed by atoms with van der Waals surface area (Å²) in [4.78, 5) is 18.6. The molecule has 0 aliphatic carbocycles. The number of halogens is 3. The molecule has 0 aliphatic heterocycles. The number of primary amides is 1. The average Bonchev–Trinajstić information content (AvgIpc) is 3.10. The van der Waals surface area contributed by atoms with Crippen molar-refractivity contribution in [2.45, 2.75) is 13.1 Å². The second-order valence-corrected chi connectivity index (χ2v) is 5.80. The summed E-state index contributed by atoms with van der Waals surface area (Å²) in [6.45, 7) is -0.491. The van der Waals surface area contributed by atoms with Crippen molar-refractivity contribution in [3.05, 3.63) is 53.7 Å². The molecule has 0 spiro atoms. The average molecular weight is 407 g/mol. The van der Waals surface area contributed by atoms with Crippen molar-refractivity contribution < 1.29 is 22.7 Å². The van der Waals surface area contributed by atoms with Gasteiger partial charge in [0.1, 0.15) is 12.4 Å². The van der Waals surface area contributed by atoms with E-state index >= 15 is 0 Å². The predicted molar refractivity (Wildman–Crippen MR) is 96.9 cm³/mol. The number of rotatable bonds is 8. The van der Waals surface area contributed by atoms with E-state index in [0.717, 1.165) is 18.3 Å². The first-order valence-electron chi connectivity index (χ1n) is 8.22. The van der Waals surface area contributed by atoms with Gasteiger partial charge in [-0.1, -0.05) is 0 Å². The topological polar surface area (TPSA) is 120 Å². The molecule has 4 N–H and O–H groups in total. The molecule has 0 aliphatic rings. The van der Waals surface area contributed by atoms with Gasteiger partial charge in [0.2, 0.25) is 11.9 Å². The second kappa shape index (κ2) is 8.46. The molecule has 1 aromatic carbocycles. The highest BCUT2D eigenvalue weighted by atomic mass is 19.1. The van der Waals surface area contributed by atoms with Crippen molar-refractivity contribution in [2.24, 2.45) is 5.73 Å². The van der Waals surface area contributed by atoms with Gasteiger partial charge in [-0.25, -0.2) is 18.2 Å². The van der Waals surface area contributed by atoms with Gasteiger partial charge in [-0.3, -0.25) is 9.48 Å². The third-order valence-electron chi connectivity index (χ3n) is 3.75. The molecule has 0 unspecified atom stereocenters. The van der Waals surface area contributed by atoms with Crippen LogP contribution in [0.25, 0.3) is 0 Å². The van der Waals surface area contributed by atoms with E-state index in [1.54, 1.807) is 0 Å². The zero-order valence-corrected chi connectivity index (χ0v) is 15.1. The van der Waals surface area contributed by atoms with Gasteiger partial charge in [0.05, 0.1) is 25.2 Å². The summed E-state index contributed by atoms with van der Waals surface area (Å²) in [6, 6.07) is 2.20. The van der Waals surface area contributed by atoms with E-state index in [9.17, 15) is 18.0 Å². The van der Waals surface area contributed by atoms with Crippen molar-refractivity contribution >= 4 is 23.4 Å². The van der Waals surface area contributed by atoms with E-state index in [-0.39, 0.29) is 36.2 Å². The van der Waals surface area contributed by atoms with Gasteiger partial charge < -0.3 is 21.1 Å². The zero-order chi connectivity index (χ0) is 21.0. The van der Waals surface area contributed by atoms with Crippen LogP contribution < -0.4 is 21.1 Å². The number of amides is 1. The summed E-state index contributed by atoms with van der Waals surface area (Å²) in [5, 5.41) is 9.22. The Balaban J connectivity index is 1.75. The monoisotopic (exact) mass is 407 g/mol. The van der Waals surface area contributed by atoms with Crippen molar-refractivity contribution in [3.63, 3.8) is 0 Å². The number of aromatic nitrogens is 4. The van der Waals surface area contributed by atoms with Gasteiger partial charge in [-0.2, -0.15) is 10.1 Å². The summed E-state index contributed by atoms with van der Waals surface area (Å²) >= 11 is 0. The number of nitrogens with zero attached hydrogens (tertiary/aromatic N) is 4. The number of hydrogen-bond acceptors (Lipinski definition) is 7. The van der Waals surface area contributed by atoms with E-state index in [1.165, 1.54) is 24.2 Å². The minimum atomic E-state index is -0.894. The molecule has 9 nitrogen and oxygen atoms in total. The fraction of sp³-hybridized carbons (Fsp3) is 0.176. The van der Waals surface area contributed by atoms with Crippen LogP contribution in [0.15, 0.2) is 30.7 Å². The highest BCUT2D eigenvalue weighted by Crippen LogP contribution is 2.24. The fourth-order valence-corrected chi connectivity index (χ4v) is 2.42. The first kappa shape index (κ1) is 19.9. The zero-order valence-electron chi connectivity index (χ0n) is 15.1. The molecule has 1 amide bonds. The summed E-state index contributed by atoms with van der Waals surface area (Å²) in [5.74, 6) is -3.50. The van der Waals surface area contributed by atoms with Crippen LogP contribution in [0.2, 0.25) is 0 Å². The van der Waals surface area contributed by atoms with Gasteiger partial charge in [0.25, 0.3) is 0 Å². The maximum absolute atomic E-state index is 14.2. The number of hydrogen-bond donors (Lipinski definition) is 3. The van der Waals surface area contributed by atoms with E-state index in [2.05, 4.69) is 25.7 Å². The number of nitrogens with two attached hydrogens (primary N) is 1. The number of anilines is 3. The second-order valence-electron chi connectivity index (χ2n) is 5.80. The number of nitrogens with one attached hydrogen (secondary N) is 2. The third kappa shape index (κ3) is 4.72. The minimum Gasteiger partial charge on any atom is -0.494 e. The molecular formula is C17H16F3N7O2. The quantitative estimate of drug-likeness (QED) is 0.522. The molecule has 0 saturated heterocycles. The minimum absolute atomic E-state index is 0.000823. The molecule has 0 fully saturated rings. The van der Waals surface area contributed by atoms with E-state index in [1.807, 2.05) is 0 Å². The Morgan fingerprint density at radius 1 is 1.24 bits per heavy atom. The fourth-order valence-electron chi connectivity index (χ4n) is 2.42. The molecule has 0 radical (unpaired) electrons. The molecule has 0 bridgehead atoms. The van der Waals surface area contributed by atoms with Crippen LogP contribution in [0.4, 0.5) is 30.6 Å². The molecule has 2 heterocycles. The van der Waals surface area contributed by atoms with Gasteiger partial charge in [0, 0.05) is 18.3 Å². The summed E-state index contributed by atoms with van der Waals surface area (Å²) in [6.07, 6.45) is 3.76. The van der Waals surface area contributed by atoms with Crippen LogP contribution in [-0.4, -0.2) is 32.8 Å². The number of carbonyl (C=O) groups is 1. The van der Waals surface area contributed by atoms with E-state index in [4.69, 9.17) is 10.5 Å². The Morgan fingerprint density at radius 3 is 2.76 bits per heavy atom. The SMILES string of the molecule is COc1ccc(F)c(CNc2nc(Nc3cnn(CC(N)=O)c3)ncc2F)c1F. The molecule has 0 saturated carbocycles. The molecular weight excluding hydrogens is 391 g/mol. The lowest BCUT2D eigenvalue weighted by Crippen LogP contribution is -2.18. The molecule has 3 aromatic rings. The maximum atomic E-state index is 14.2. The Morgan fingerprint density at radius 2 is 2.03 bits per heavy atom. The summed E-state index contributed by atoms with van der Waals surface area (Å²) in [5.41, 5.74) is 5.18. The molecule has 3 rings (SSSR count). The van der Waals surface area contributed by atoms with Crippen molar-refractivity contribution in [3.8, 4) is 5.75 Å². The third-order valence-corrected chi connectivity index (χ3v) is 3.75. The van der Waals surface area contributed by atoms with Crippen LogP contribution in [0.3, 0.4) is 0 Å². The van der Waals surface area contributed by atoms with Crippen LogP contribution in [0.1, 0.15) is 5.56 Å². The van der Waals surface area contributed by atoms with Gasteiger partial charge >= 0.3 is 0 Å². The number of methoxy groups -OCH3 is 1. The van der Waals surface area contributed by atoms with Crippen molar-refractivity contribution in [1.29, 1.82) is 0 Å². The van der Waals surface area contributed by atoms with Crippen LogP contribution in [0, 0.1) is 17.5 Å². The lowest BCUT2D eigenvalue weighted by molar-refractivity contribution is -0.118. The predicted octanol–water partition coefficient (Wildman–Crippen LogP) is 1.94. The summed E-state index contributed by atoms with van der Waals surface area (Å²) in [7, 11) is 1.25. The summed E-state index contributed by atoms with van der Waals surface area (Å²) < 4.78 is 48.2. The molecule has 12 heteroatoms. The Labute approximate surface area is 162 Å². The number of benzene rings is 1.